The number of thiazole rings is 2. The van der Waals surface area contributed by atoms with Gasteiger partial charge in [0.25, 0.3) is 0 Å². The Morgan fingerprint density at radius 2 is 1.11 bits per heavy atom. The van der Waals surface area contributed by atoms with Crippen molar-refractivity contribution < 1.29 is 14.3 Å². The Morgan fingerprint density at radius 1 is 0.636 bits per heavy atom. The van der Waals surface area contributed by atoms with E-state index in [0.29, 0.717) is 43.4 Å². The summed E-state index contributed by atoms with van der Waals surface area (Å²) in [7, 11) is 0. The van der Waals surface area contributed by atoms with Gasteiger partial charge in [0.05, 0.1) is 14.5 Å². The second kappa shape index (κ2) is 12.4. The summed E-state index contributed by atoms with van der Waals surface area (Å²) >= 11 is 6.04. The highest BCUT2D eigenvalue weighted by Crippen LogP contribution is 2.62. The van der Waals surface area contributed by atoms with Crippen molar-refractivity contribution >= 4 is 99.3 Å². The number of benzene rings is 2. The maximum atomic E-state index is 13.6. The average Bonchev–Trinajstić information content (AvgIpc) is 4.04. The van der Waals surface area contributed by atoms with E-state index in [0.717, 1.165) is 72.2 Å². The van der Waals surface area contributed by atoms with E-state index in [9.17, 15) is 30.6 Å². The number of thiophene rings is 2. The molecule has 0 atom stereocenters. The molecule has 0 unspecified atom stereocenters. The molecule has 6 aromatic rings. The minimum atomic E-state index is -0.584. The monoisotopic (exact) mass is 784 g/mol. The first-order valence-electron chi connectivity index (χ1n) is 17.3. The standard InChI is InChI=1S/C42H20N6O3S4/c43-16-20(17-44)30-22-8-2-4-10-24(22)33(49)26(30)14-28-47-40-37(52-28)32-36(54-40)38-35(51-42(32)12-6-1-7-13-42)39-41(55-38)48-29(53-39)15-27-31(21(18-45)19-46)23-9-3-5-11-25(23)34(27)50/h2-5,8-11,14-15H,1,6-7,12-13H2/b26-14-,27-15-. The van der Waals surface area contributed by atoms with Crippen molar-refractivity contribution in [3.63, 3.8) is 0 Å². The minimum absolute atomic E-state index is 0.112. The number of allylic oxidation sites excluding steroid dienone is 6. The molecule has 0 amide bonds. The second-order valence-corrected chi connectivity index (χ2v) is 17.5. The Morgan fingerprint density at radius 3 is 1.64 bits per heavy atom. The highest BCUT2D eigenvalue weighted by atomic mass is 32.1. The molecule has 1 aliphatic heterocycles. The fourth-order valence-electron chi connectivity index (χ4n) is 8.18. The van der Waals surface area contributed by atoms with E-state index in [1.165, 1.54) is 34.0 Å². The molecule has 13 heteroatoms. The van der Waals surface area contributed by atoms with Crippen LogP contribution >= 0.6 is 45.3 Å². The predicted octanol–water partition coefficient (Wildman–Crippen LogP) is 10.4. The van der Waals surface area contributed by atoms with Gasteiger partial charge in [0.1, 0.15) is 65.4 Å². The Labute approximate surface area is 328 Å². The van der Waals surface area contributed by atoms with Crippen LogP contribution in [-0.2, 0) is 5.60 Å². The third-order valence-electron chi connectivity index (χ3n) is 10.5. The van der Waals surface area contributed by atoms with Crippen LogP contribution in [0, 0.1) is 45.3 Å². The van der Waals surface area contributed by atoms with Crippen molar-refractivity contribution in [1.82, 2.24) is 9.97 Å². The molecule has 10 rings (SSSR count). The Bertz CT molecular complexity index is 3060. The van der Waals surface area contributed by atoms with Crippen LogP contribution < -0.4 is 4.74 Å². The average molecular weight is 785 g/mol. The molecular formula is C42H20N6O3S4. The van der Waals surface area contributed by atoms with Crippen molar-refractivity contribution in [2.45, 2.75) is 37.7 Å². The van der Waals surface area contributed by atoms with Gasteiger partial charge in [-0.2, -0.15) is 21.0 Å². The number of nitriles is 4. The van der Waals surface area contributed by atoms with Gasteiger partial charge < -0.3 is 4.74 Å². The fourth-order valence-corrected chi connectivity index (χ4v) is 13.2. The Hall–Kier alpha value is -6.32. The lowest BCUT2D eigenvalue weighted by Gasteiger charge is -2.40. The summed E-state index contributed by atoms with van der Waals surface area (Å²) in [6, 6.07) is 21.9. The maximum Gasteiger partial charge on any atom is 0.194 e. The zero-order chi connectivity index (χ0) is 37.6. The number of fused-ring (bicyclic) bond motifs is 10. The minimum Gasteiger partial charge on any atom is -0.479 e. The summed E-state index contributed by atoms with van der Waals surface area (Å²) in [4.78, 5) is 40.8. The van der Waals surface area contributed by atoms with Crippen LogP contribution in [-0.4, -0.2) is 21.5 Å². The van der Waals surface area contributed by atoms with E-state index in [1.54, 1.807) is 72.0 Å². The highest BCUT2D eigenvalue weighted by Gasteiger charge is 2.47. The van der Waals surface area contributed by atoms with Crippen LogP contribution in [0.25, 0.3) is 52.1 Å². The lowest BCUT2D eigenvalue weighted by Crippen LogP contribution is -2.37. The molecule has 9 nitrogen and oxygen atoms in total. The second-order valence-electron chi connectivity index (χ2n) is 13.4. The zero-order valence-corrected chi connectivity index (χ0v) is 31.6. The third-order valence-corrected chi connectivity index (χ3v) is 15.1. The van der Waals surface area contributed by atoms with Gasteiger partial charge in [0.15, 0.2) is 17.3 Å². The highest BCUT2D eigenvalue weighted by molar-refractivity contribution is 7.34. The van der Waals surface area contributed by atoms with Crippen molar-refractivity contribution in [1.29, 1.82) is 21.0 Å². The van der Waals surface area contributed by atoms with Crippen LogP contribution in [0.3, 0.4) is 0 Å². The van der Waals surface area contributed by atoms with Gasteiger partial charge >= 0.3 is 0 Å². The van der Waals surface area contributed by atoms with E-state index < -0.39 is 5.60 Å². The molecule has 1 fully saturated rings. The quantitative estimate of drug-likeness (QED) is 0.123. The van der Waals surface area contributed by atoms with E-state index in [4.69, 9.17) is 14.7 Å². The number of ether oxygens (including phenoxy) is 1. The molecule has 1 spiro atoms. The fraction of sp³-hybridized carbons (Fsp3) is 0.143. The maximum absolute atomic E-state index is 13.6. The molecule has 1 saturated carbocycles. The van der Waals surface area contributed by atoms with E-state index in [-0.39, 0.29) is 33.9 Å². The SMILES string of the molecule is N#CC(C#N)=C1/C(=C/c2nc3sc4c(c3s2)OC2(CCCCC2)c2c-4sc3nc(/C=C4\C(=O)c5ccccc5C4=C(C#N)C#N)sc23)C(=O)c2ccccc21. The largest absolute Gasteiger partial charge is 0.479 e. The van der Waals surface area contributed by atoms with Crippen molar-refractivity contribution in [3.05, 3.63) is 109 Å². The number of aromatic nitrogens is 2. The summed E-state index contributed by atoms with van der Waals surface area (Å²) in [6.45, 7) is 0. The smallest absolute Gasteiger partial charge is 0.194 e. The first-order chi connectivity index (χ1) is 26.9. The number of nitrogens with zero attached hydrogens (tertiary/aromatic N) is 6. The van der Waals surface area contributed by atoms with Crippen LogP contribution in [0.4, 0.5) is 0 Å². The molecule has 4 aliphatic rings. The first kappa shape index (κ1) is 33.3. The lowest BCUT2D eigenvalue weighted by atomic mass is 9.78. The molecular weight excluding hydrogens is 765 g/mol. The van der Waals surface area contributed by atoms with Gasteiger partial charge in [-0.1, -0.05) is 55.0 Å². The van der Waals surface area contributed by atoms with Gasteiger partial charge in [0.2, 0.25) is 0 Å². The molecule has 4 aromatic heterocycles. The van der Waals surface area contributed by atoms with E-state index >= 15 is 0 Å². The Kier molecular flexibility index (Phi) is 7.48. The number of carbonyl (C=O) groups excluding carboxylic acids is 2. The van der Waals surface area contributed by atoms with Crippen LogP contribution in [0.5, 0.6) is 5.75 Å². The van der Waals surface area contributed by atoms with Gasteiger partial charge in [0, 0.05) is 39.0 Å². The molecule has 3 aliphatic carbocycles. The number of rotatable bonds is 2. The Balaban J connectivity index is 1.10. The summed E-state index contributed by atoms with van der Waals surface area (Å²) in [6.07, 6.45) is 8.16. The predicted molar refractivity (Wildman–Crippen MR) is 213 cm³/mol. The van der Waals surface area contributed by atoms with Crippen LogP contribution in [0.2, 0.25) is 0 Å². The topological polar surface area (TPSA) is 164 Å². The molecule has 0 saturated heterocycles. The summed E-state index contributed by atoms with van der Waals surface area (Å²) in [5, 5.41) is 40.3. The molecule has 260 valence electrons. The van der Waals surface area contributed by atoms with Gasteiger partial charge in [-0.3, -0.25) is 9.59 Å². The number of carbonyl (C=O) groups is 2. The van der Waals surface area contributed by atoms with E-state index in [2.05, 4.69) is 0 Å². The van der Waals surface area contributed by atoms with Crippen LogP contribution in [0.15, 0.2) is 70.8 Å². The number of Topliss-reactive ketones (excluding diaryl/α,β-unsaturated/α-hetero) is 2. The van der Waals surface area contributed by atoms with Crippen molar-refractivity contribution in [2.75, 3.05) is 0 Å². The van der Waals surface area contributed by atoms with Crippen molar-refractivity contribution in [2.24, 2.45) is 0 Å². The number of hydrogen-bond acceptors (Lipinski definition) is 13. The lowest BCUT2D eigenvalue weighted by molar-refractivity contribution is 0.0282. The summed E-state index contributed by atoms with van der Waals surface area (Å²) in [5.41, 5.74) is 3.60. The zero-order valence-electron chi connectivity index (χ0n) is 28.4. The third kappa shape index (κ3) is 4.75. The van der Waals surface area contributed by atoms with Gasteiger partial charge in [-0.15, -0.1) is 45.3 Å². The molecule has 5 heterocycles. The van der Waals surface area contributed by atoms with Gasteiger partial charge in [-0.05, 0) is 49.0 Å². The molecule has 55 heavy (non-hydrogen) atoms. The molecule has 2 aromatic carbocycles. The normalized spacial score (nSPS) is 17.7. The van der Waals surface area contributed by atoms with Gasteiger partial charge in [-0.25, -0.2) is 9.97 Å². The summed E-state index contributed by atoms with van der Waals surface area (Å²) < 4.78 is 9.06. The number of hydrogen-bond donors (Lipinski definition) is 0. The van der Waals surface area contributed by atoms with E-state index in [1.807, 2.05) is 24.3 Å². The van der Waals surface area contributed by atoms with Crippen LogP contribution in [0.1, 0.15) is 79.5 Å². The summed E-state index contributed by atoms with van der Waals surface area (Å²) in [5.74, 6) is 0.294. The first-order valence-corrected chi connectivity index (χ1v) is 20.5. The van der Waals surface area contributed by atoms with Crippen molar-refractivity contribution in [3.8, 4) is 39.8 Å². The molecule has 0 N–H and O–H groups in total. The molecule has 0 radical (unpaired) electrons. The number of ketones is 2. The molecule has 0 bridgehead atoms.